The van der Waals surface area contributed by atoms with Crippen molar-refractivity contribution in [3.8, 4) is 11.5 Å². The second-order valence-electron chi connectivity index (χ2n) is 5.77. The molecule has 0 unspecified atom stereocenters. The molecule has 1 aliphatic rings. The molecule has 0 atom stereocenters. The van der Waals surface area contributed by atoms with Crippen molar-refractivity contribution in [2.45, 2.75) is 6.42 Å². The van der Waals surface area contributed by atoms with Crippen molar-refractivity contribution in [3.63, 3.8) is 0 Å². The average Bonchev–Trinajstić information content (AvgIpc) is 3.16. The summed E-state index contributed by atoms with van der Waals surface area (Å²) in [6.45, 7) is 0.0849. The number of esters is 1. The van der Waals surface area contributed by atoms with E-state index in [0.717, 1.165) is 0 Å². The molecule has 1 aliphatic heterocycles. The average molecular weight is 403 g/mol. The van der Waals surface area contributed by atoms with Crippen LogP contribution in [0.2, 0.25) is 0 Å². The molecule has 0 saturated carbocycles. The number of hydrazone groups is 1. The molecule has 1 heterocycles. The number of hydrogen-bond donors (Lipinski definition) is 2. The number of ether oxygens (including phenoxy) is 3. The number of fused-ring (bicyclic) bond motifs is 1. The van der Waals surface area contributed by atoms with E-state index in [2.05, 4.69) is 15.8 Å². The molecule has 146 valence electrons. The summed E-state index contributed by atoms with van der Waals surface area (Å²) < 4.78 is 29.1. The van der Waals surface area contributed by atoms with Crippen LogP contribution in [0.25, 0.3) is 0 Å². The van der Waals surface area contributed by atoms with Gasteiger partial charge in [0.15, 0.2) is 16.6 Å². The summed E-state index contributed by atoms with van der Waals surface area (Å²) in [6.07, 6.45) is -0.000831. The molecular formula is C19H18FN3O4S. The van der Waals surface area contributed by atoms with Crippen molar-refractivity contribution in [2.75, 3.05) is 21.0 Å². The molecule has 3 rings (SSSR count). The molecule has 0 fully saturated rings. The Morgan fingerprint density at radius 2 is 1.93 bits per heavy atom. The Labute approximate surface area is 166 Å². The zero-order chi connectivity index (χ0) is 20.1. The lowest BCUT2D eigenvalue weighted by atomic mass is 9.95. The minimum Gasteiger partial charge on any atom is -0.469 e. The summed E-state index contributed by atoms with van der Waals surface area (Å²) in [5.74, 6) is 0.258. The van der Waals surface area contributed by atoms with Crippen LogP contribution in [-0.4, -0.2) is 37.7 Å². The standard InChI is InChI=1S/C19H18FN3O4S/c1-21-19(28)23-22-18(11-3-5-13(20)6-4-11)14-9-16-15(26-10-27-16)7-12(14)8-17(24)25-2/h3-7,9H,8,10H2,1-2H3,(H2,21,23,28)/b22-18-. The van der Waals surface area contributed by atoms with E-state index in [1.165, 1.54) is 19.2 Å². The first kappa shape index (κ1) is 19.6. The number of carbonyl (C=O) groups excluding carboxylic acids is 1. The van der Waals surface area contributed by atoms with E-state index in [4.69, 9.17) is 26.4 Å². The lowest BCUT2D eigenvalue weighted by molar-refractivity contribution is -0.139. The minimum absolute atomic E-state index is 0.000831. The highest BCUT2D eigenvalue weighted by Crippen LogP contribution is 2.36. The van der Waals surface area contributed by atoms with Crippen molar-refractivity contribution in [3.05, 3.63) is 58.9 Å². The number of thiocarbonyl (C=S) groups is 1. The lowest BCUT2D eigenvalue weighted by Crippen LogP contribution is -2.30. The highest BCUT2D eigenvalue weighted by molar-refractivity contribution is 7.80. The molecule has 2 N–H and O–H groups in total. The molecule has 0 aromatic heterocycles. The minimum atomic E-state index is -0.419. The fraction of sp³-hybridized carbons (Fsp3) is 0.211. The SMILES string of the molecule is CNC(=S)N/N=C(/c1ccc(F)cc1)c1cc2c(cc1CC(=O)OC)OCO2. The Morgan fingerprint density at radius 1 is 1.25 bits per heavy atom. The van der Waals surface area contributed by atoms with E-state index in [0.29, 0.717) is 39.0 Å². The second-order valence-corrected chi connectivity index (χ2v) is 6.18. The number of halogens is 1. The van der Waals surface area contributed by atoms with E-state index in [1.54, 1.807) is 31.3 Å². The predicted molar refractivity (Wildman–Crippen MR) is 105 cm³/mol. The molecule has 2 aromatic rings. The molecule has 28 heavy (non-hydrogen) atoms. The van der Waals surface area contributed by atoms with Crippen LogP contribution < -0.4 is 20.2 Å². The van der Waals surface area contributed by atoms with Gasteiger partial charge in [-0.25, -0.2) is 4.39 Å². The summed E-state index contributed by atoms with van der Waals surface area (Å²) >= 11 is 5.09. The lowest BCUT2D eigenvalue weighted by Gasteiger charge is -2.14. The smallest absolute Gasteiger partial charge is 0.310 e. The molecule has 9 heteroatoms. The van der Waals surface area contributed by atoms with Crippen molar-refractivity contribution in [2.24, 2.45) is 5.10 Å². The van der Waals surface area contributed by atoms with Crippen molar-refractivity contribution >= 4 is 29.0 Å². The Morgan fingerprint density at radius 3 is 2.57 bits per heavy atom. The fourth-order valence-corrected chi connectivity index (χ4v) is 2.67. The van der Waals surface area contributed by atoms with Gasteiger partial charge in [0.25, 0.3) is 0 Å². The first-order chi connectivity index (χ1) is 13.5. The fourth-order valence-electron chi connectivity index (χ4n) is 2.63. The largest absolute Gasteiger partial charge is 0.469 e. The number of benzene rings is 2. The normalized spacial score (nSPS) is 12.5. The van der Waals surface area contributed by atoms with Crippen LogP contribution >= 0.6 is 12.2 Å². The van der Waals surface area contributed by atoms with Gasteiger partial charge in [-0.1, -0.05) is 0 Å². The molecule has 0 amide bonds. The molecule has 0 radical (unpaired) electrons. The van der Waals surface area contributed by atoms with Gasteiger partial charge in [-0.15, -0.1) is 0 Å². The highest BCUT2D eigenvalue weighted by Gasteiger charge is 2.22. The third kappa shape index (κ3) is 4.37. The first-order valence-corrected chi connectivity index (χ1v) is 8.73. The number of carbonyl (C=O) groups is 1. The zero-order valence-corrected chi connectivity index (χ0v) is 16.1. The summed E-state index contributed by atoms with van der Waals surface area (Å²) in [5.41, 5.74) is 5.03. The zero-order valence-electron chi connectivity index (χ0n) is 15.2. The summed E-state index contributed by atoms with van der Waals surface area (Å²) in [6, 6.07) is 9.27. The van der Waals surface area contributed by atoms with Crippen molar-refractivity contribution in [1.82, 2.24) is 10.7 Å². The summed E-state index contributed by atoms with van der Waals surface area (Å²) in [7, 11) is 2.97. The first-order valence-electron chi connectivity index (χ1n) is 8.33. The van der Waals surface area contributed by atoms with Gasteiger partial charge in [0, 0.05) is 18.2 Å². The Balaban J connectivity index is 2.13. The number of hydrogen-bond acceptors (Lipinski definition) is 6. The van der Waals surface area contributed by atoms with Crippen LogP contribution in [-0.2, 0) is 16.0 Å². The van der Waals surface area contributed by atoms with Crippen LogP contribution in [0, 0.1) is 5.82 Å². The molecule has 0 aliphatic carbocycles. The third-order valence-electron chi connectivity index (χ3n) is 4.03. The van der Waals surface area contributed by atoms with Gasteiger partial charge in [-0.05, 0) is 54.2 Å². The number of methoxy groups -OCH3 is 1. The maximum Gasteiger partial charge on any atom is 0.310 e. The van der Waals surface area contributed by atoms with Gasteiger partial charge >= 0.3 is 5.97 Å². The molecule has 0 bridgehead atoms. The molecule has 7 nitrogen and oxygen atoms in total. The predicted octanol–water partition coefficient (Wildman–Crippen LogP) is 2.12. The van der Waals surface area contributed by atoms with Crippen LogP contribution in [0.4, 0.5) is 4.39 Å². The monoisotopic (exact) mass is 403 g/mol. The van der Waals surface area contributed by atoms with Gasteiger partial charge in [-0.2, -0.15) is 5.10 Å². The van der Waals surface area contributed by atoms with E-state index < -0.39 is 5.97 Å². The maximum atomic E-state index is 13.4. The van der Waals surface area contributed by atoms with E-state index in [9.17, 15) is 9.18 Å². The Kier molecular flexibility index (Phi) is 6.05. The van der Waals surface area contributed by atoms with Gasteiger partial charge < -0.3 is 19.5 Å². The van der Waals surface area contributed by atoms with E-state index in [-0.39, 0.29) is 19.0 Å². The van der Waals surface area contributed by atoms with Crippen LogP contribution in [0.3, 0.4) is 0 Å². The van der Waals surface area contributed by atoms with Gasteiger partial charge in [-0.3, -0.25) is 10.2 Å². The van der Waals surface area contributed by atoms with E-state index >= 15 is 0 Å². The van der Waals surface area contributed by atoms with E-state index in [1.807, 2.05) is 0 Å². The van der Waals surface area contributed by atoms with Gasteiger partial charge in [0.2, 0.25) is 6.79 Å². The quantitative estimate of drug-likeness (QED) is 0.343. The second kappa shape index (κ2) is 8.66. The van der Waals surface area contributed by atoms with Crippen LogP contribution in [0.15, 0.2) is 41.5 Å². The Bertz CT molecular complexity index is 932. The van der Waals surface area contributed by atoms with Crippen molar-refractivity contribution in [1.29, 1.82) is 0 Å². The van der Waals surface area contributed by atoms with Gasteiger partial charge in [0.1, 0.15) is 5.82 Å². The summed E-state index contributed by atoms with van der Waals surface area (Å²) in [4.78, 5) is 11.9. The molecule has 2 aromatic carbocycles. The molecule has 0 spiro atoms. The molecular weight excluding hydrogens is 385 g/mol. The summed E-state index contributed by atoms with van der Waals surface area (Å²) in [5, 5.41) is 7.44. The van der Waals surface area contributed by atoms with Crippen molar-refractivity contribution < 1.29 is 23.4 Å². The maximum absolute atomic E-state index is 13.4. The highest BCUT2D eigenvalue weighted by atomic mass is 32.1. The third-order valence-corrected chi connectivity index (χ3v) is 4.33. The van der Waals surface area contributed by atoms with Crippen LogP contribution in [0.1, 0.15) is 16.7 Å². The molecule has 0 saturated heterocycles. The number of rotatable bonds is 5. The van der Waals surface area contributed by atoms with Gasteiger partial charge in [0.05, 0.1) is 19.2 Å². The number of nitrogens with zero attached hydrogens (tertiary/aromatic N) is 1. The Hall–Kier alpha value is -3.20. The van der Waals surface area contributed by atoms with Crippen LogP contribution in [0.5, 0.6) is 11.5 Å². The topological polar surface area (TPSA) is 81.2 Å². The number of nitrogens with one attached hydrogen (secondary N) is 2.